The van der Waals surface area contributed by atoms with Crippen molar-refractivity contribution in [2.24, 2.45) is 21.1 Å². The van der Waals surface area contributed by atoms with E-state index < -0.39 is 5.41 Å². The lowest BCUT2D eigenvalue weighted by atomic mass is 9.85. The Bertz CT molecular complexity index is 1780. The molecule has 0 aliphatic carbocycles. The number of anilines is 1. The van der Waals surface area contributed by atoms with Crippen LogP contribution in [0.25, 0.3) is 0 Å². The molecule has 1 atom stereocenters. The summed E-state index contributed by atoms with van der Waals surface area (Å²) in [5.74, 6) is 2.07. The van der Waals surface area contributed by atoms with Crippen molar-refractivity contribution in [2.45, 2.75) is 58.5 Å². The minimum absolute atomic E-state index is 0.00911. The summed E-state index contributed by atoms with van der Waals surface area (Å²) in [4.78, 5) is 50.4. The van der Waals surface area contributed by atoms with E-state index in [0.29, 0.717) is 67.3 Å². The lowest BCUT2D eigenvalue weighted by Gasteiger charge is -2.33. The largest absolute Gasteiger partial charge is 0.475 e. The lowest BCUT2D eigenvalue weighted by molar-refractivity contribution is -0.134. The molecule has 3 fully saturated rings. The standard InChI is InChI=1S/C38H47N9O3/c1-25(2)50-32-12-10-30(21-42-32)34(39)35-26(3)5-11-31(44-35)47-20-16-38(37(47)49)15-19-45(23-38)22-33(48)46-17-13-28(14-18-46)27-6-8-29(9-7-27)36(40)43-24-41-4/h5-12,21,24-25,28,39H,13-20,22-23H2,1-4H3,(H2,40,41,43)/t38-/m0/s1. The molecule has 0 saturated carbocycles. The number of hydrogen-bond donors (Lipinski definition) is 2. The number of aryl methyl sites for hydroxylation is 1. The van der Waals surface area contributed by atoms with Gasteiger partial charge in [-0.05, 0) is 82.2 Å². The fraction of sp³-hybridized carbons (Fsp3) is 0.447. The van der Waals surface area contributed by atoms with Gasteiger partial charge in [-0.2, -0.15) is 0 Å². The molecule has 1 spiro atoms. The van der Waals surface area contributed by atoms with Crippen molar-refractivity contribution in [1.82, 2.24) is 19.8 Å². The molecule has 3 aliphatic rings. The van der Waals surface area contributed by atoms with E-state index in [0.717, 1.165) is 43.5 Å². The van der Waals surface area contributed by atoms with Crippen molar-refractivity contribution < 1.29 is 14.3 Å². The highest BCUT2D eigenvalue weighted by molar-refractivity contribution is 6.11. The lowest BCUT2D eigenvalue weighted by Crippen LogP contribution is -2.44. The van der Waals surface area contributed by atoms with Gasteiger partial charge in [-0.3, -0.25) is 29.8 Å². The van der Waals surface area contributed by atoms with Crippen molar-refractivity contribution in [2.75, 3.05) is 51.2 Å². The topological polar surface area (TPSA) is 153 Å². The minimum atomic E-state index is -0.521. The number of rotatable bonds is 10. The fourth-order valence-corrected chi connectivity index (χ4v) is 7.28. The maximum atomic E-state index is 14.0. The van der Waals surface area contributed by atoms with Crippen LogP contribution in [-0.2, 0) is 9.59 Å². The number of nitrogens with two attached hydrogens (primary N) is 1. The molecule has 3 N–H and O–H groups in total. The predicted octanol–water partition coefficient (Wildman–Crippen LogP) is 4.19. The summed E-state index contributed by atoms with van der Waals surface area (Å²) in [7, 11) is 1.65. The molecule has 0 unspecified atom stereocenters. The number of nitrogens with zero attached hydrogens (tertiary/aromatic N) is 7. The molecular formula is C38H47N9O3. The van der Waals surface area contributed by atoms with E-state index >= 15 is 0 Å². The van der Waals surface area contributed by atoms with Crippen LogP contribution >= 0.6 is 0 Å². The van der Waals surface area contributed by atoms with Gasteiger partial charge >= 0.3 is 0 Å². The Kier molecular flexibility index (Phi) is 10.4. The highest BCUT2D eigenvalue weighted by Crippen LogP contribution is 2.42. The number of aliphatic imine (C=N–C) groups is 2. The summed E-state index contributed by atoms with van der Waals surface area (Å²) in [6.07, 6.45) is 6.33. The summed E-state index contributed by atoms with van der Waals surface area (Å²) in [5.41, 5.74) is 9.87. The second-order valence-corrected chi connectivity index (χ2v) is 13.9. The van der Waals surface area contributed by atoms with Crippen LogP contribution in [0.1, 0.15) is 73.4 Å². The molecule has 3 saturated heterocycles. The van der Waals surface area contributed by atoms with Crippen LogP contribution in [0.4, 0.5) is 5.82 Å². The van der Waals surface area contributed by atoms with E-state index in [9.17, 15) is 9.59 Å². The van der Waals surface area contributed by atoms with E-state index in [2.05, 4.69) is 32.0 Å². The Hall–Kier alpha value is -4.97. The van der Waals surface area contributed by atoms with Crippen LogP contribution in [0.15, 0.2) is 64.7 Å². The second kappa shape index (κ2) is 14.9. The third kappa shape index (κ3) is 7.45. The van der Waals surface area contributed by atoms with Gasteiger partial charge in [-0.15, -0.1) is 0 Å². The third-order valence-corrected chi connectivity index (χ3v) is 10.1. The van der Waals surface area contributed by atoms with Crippen molar-refractivity contribution in [1.29, 1.82) is 5.41 Å². The van der Waals surface area contributed by atoms with E-state index in [1.165, 1.54) is 11.9 Å². The van der Waals surface area contributed by atoms with Crippen molar-refractivity contribution in [3.63, 3.8) is 0 Å². The molecule has 5 heterocycles. The number of benzene rings is 1. The molecule has 2 aromatic heterocycles. The zero-order valence-electron chi connectivity index (χ0n) is 29.4. The Balaban J connectivity index is 1.03. The Labute approximate surface area is 294 Å². The highest BCUT2D eigenvalue weighted by atomic mass is 16.5. The molecule has 50 heavy (non-hydrogen) atoms. The van der Waals surface area contributed by atoms with Gasteiger partial charge in [0.1, 0.15) is 18.0 Å². The molecule has 262 valence electrons. The number of carbonyl (C=O) groups excluding carboxylic acids is 2. The number of aromatic nitrogens is 2. The zero-order chi connectivity index (χ0) is 35.4. The summed E-state index contributed by atoms with van der Waals surface area (Å²) >= 11 is 0. The fourth-order valence-electron chi connectivity index (χ4n) is 7.28. The smallest absolute Gasteiger partial charge is 0.236 e. The quantitative estimate of drug-likeness (QED) is 0.241. The first-order valence-corrected chi connectivity index (χ1v) is 17.4. The number of amides is 2. The first kappa shape index (κ1) is 34.9. The van der Waals surface area contributed by atoms with Crippen LogP contribution in [-0.4, -0.2) is 102 Å². The van der Waals surface area contributed by atoms with Crippen LogP contribution in [0, 0.1) is 17.7 Å². The number of amidine groups is 1. The number of ether oxygens (including phenoxy) is 1. The van der Waals surface area contributed by atoms with Gasteiger partial charge in [0.2, 0.25) is 17.7 Å². The van der Waals surface area contributed by atoms with E-state index in [4.69, 9.17) is 20.9 Å². The van der Waals surface area contributed by atoms with Gasteiger partial charge in [0.05, 0.1) is 29.5 Å². The molecule has 0 radical (unpaired) electrons. The van der Waals surface area contributed by atoms with E-state index in [1.807, 2.05) is 56.0 Å². The van der Waals surface area contributed by atoms with Gasteiger partial charge in [-0.1, -0.05) is 30.3 Å². The van der Waals surface area contributed by atoms with Crippen molar-refractivity contribution in [3.8, 4) is 5.88 Å². The first-order chi connectivity index (χ1) is 24.1. The van der Waals surface area contributed by atoms with Crippen LogP contribution < -0.4 is 15.4 Å². The highest BCUT2D eigenvalue weighted by Gasteiger charge is 2.51. The molecular weight excluding hydrogens is 630 g/mol. The third-order valence-electron chi connectivity index (χ3n) is 10.1. The number of carbonyl (C=O) groups is 2. The van der Waals surface area contributed by atoms with Crippen LogP contribution in [0.5, 0.6) is 5.88 Å². The first-order valence-electron chi connectivity index (χ1n) is 17.4. The molecule has 12 nitrogen and oxygen atoms in total. The number of nitrogens with one attached hydrogen (secondary N) is 1. The molecule has 6 rings (SSSR count). The molecule has 3 aliphatic heterocycles. The second-order valence-electron chi connectivity index (χ2n) is 13.9. The van der Waals surface area contributed by atoms with Crippen molar-refractivity contribution in [3.05, 3.63) is 82.7 Å². The molecule has 3 aromatic rings. The predicted molar refractivity (Wildman–Crippen MR) is 196 cm³/mol. The summed E-state index contributed by atoms with van der Waals surface area (Å²) in [6.45, 7) is 9.40. The molecule has 1 aromatic carbocycles. The molecule has 0 bridgehead atoms. The number of likely N-dealkylation sites (tertiary alicyclic amines) is 2. The summed E-state index contributed by atoms with van der Waals surface area (Å²) in [5, 5.41) is 8.87. The summed E-state index contributed by atoms with van der Waals surface area (Å²) < 4.78 is 5.64. The van der Waals surface area contributed by atoms with Gasteiger partial charge in [0.15, 0.2) is 0 Å². The SMILES string of the molecule is CN=CN=C(N)c1ccc(C2CCN(C(=O)CN3CC[C@]4(CCN(c5ccc(C)c(C(=N)c6ccc(OC(C)C)nc6)n5)C4=O)C3)CC2)cc1. The molecule has 12 heteroatoms. The zero-order valence-corrected chi connectivity index (χ0v) is 29.4. The minimum Gasteiger partial charge on any atom is -0.475 e. The normalized spacial score (nSPS) is 20.5. The monoisotopic (exact) mass is 677 g/mol. The van der Waals surface area contributed by atoms with Crippen molar-refractivity contribution >= 4 is 35.5 Å². The maximum Gasteiger partial charge on any atom is 0.236 e. The van der Waals surface area contributed by atoms with E-state index in [1.54, 1.807) is 24.2 Å². The van der Waals surface area contributed by atoms with Gasteiger partial charge in [-0.25, -0.2) is 15.0 Å². The van der Waals surface area contributed by atoms with Gasteiger partial charge < -0.3 is 15.4 Å². The average Bonchev–Trinajstić information content (AvgIpc) is 3.68. The number of piperidine rings is 1. The Morgan fingerprint density at radius 3 is 2.46 bits per heavy atom. The summed E-state index contributed by atoms with van der Waals surface area (Å²) in [6, 6.07) is 15.5. The van der Waals surface area contributed by atoms with Crippen LogP contribution in [0.2, 0.25) is 0 Å². The van der Waals surface area contributed by atoms with Gasteiger partial charge in [0, 0.05) is 56.6 Å². The molecule has 2 amide bonds. The van der Waals surface area contributed by atoms with Gasteiger partial charge in [0.25, 0.3) is 0 Å². The Morgan fingerprint density at radius 1 is 1.06 bits per heavy atom. The van der Waals surface area contributed by atoms with Crippen LogP contribution in [0.3, 0.4) is 0 Å². The Morgan fingerprint density at radius 2 is 1.78 bits per heavy atom. The average molecular weight is 678 g/mol. The maximum absolute atomic E-state index is 14.0. The van der Waals surface area contributed by atoms with E-state index in [-0.39, 0.29) is 23.6 Å². The number of hydrogen-bond acceptors (Lipinski definition) is 8. The number of pyridine rings is 2.